The summed E-state index contributed by atoms with van der Waals surface area (Å²) in [7, 11) is 3.63. The Morgan fingerprint density at radius 2 is 2.22 bits per heavy atom. The minimum absolute atomic E-state index is 0.202. The molecule has 0 N–H and O–H groups in total. The number of rotatable bonds is 4. The molecule has 0 spiro atoms. The lowest BCUT2D eigenvalue weighted by molar-refractivity contribution is -0.130. The SMILES string of the molecule is CN(C)C(=O)CN1CCC(Cc2nccs2)CC1. The van der Waals surface area contributed by atoms with E-state index in [0.29, 0.717) is 6.54 Å². The quantitative estimate of drug-likeness (QED) is 0.829. The zero-order chi connectivity index (χ0) is 13.0. The second-order valence-corrected chi connectivity index (χ2v) is 6.12. The van der Waals surface area contributed by atoms with Crippen LogP contribution in [0, 0.1) is 5.92 Å². The van der Waals surface area contributed by atoms with Gasteiger partial charge in [-0.15, -0.1) is 11.3 Å². The first-order valence-electron chi connectivity index (χ1n) is 6.46. The molecule has 1 amide bonds. The van der Waals surface area contributed by atoms with Crippen molar-refractivity contribution in [3.8, 4) is 0 Å². The first-order chi connectivity index (χ1) is 8.65. The molecule has 1 aromatic rings. The first-order valence-corrected chi connectivity index (χ1v) is 7.34. The number of piperidine rings is 1. The van der Waals surface area contributed by atoms with E-state index in [4.69, 9.17) is 0 Å². The van der Waals surface area contributed by atoms with Crippen molar-refractivity contribution in [2.45, 2.75) is 19.3 Å². The van der Waals surface area contributed by atoms with Crippen LogP contribution in [0.15, 0.2) is 11.6 Å². The maximum absolute atomic E-state index is 11.6. The summed E-state index contributed by atoms with van der Waals surface area (Å²) in [6.07, 6.45) is 5.35. The van der Waals surface area contributed by atoms with Crippen LogP contribution in [0.4, 0.5) is 0 Å². The van der Waals surface area contributed by atoms with Crippen LogP contribution in [0.3, 0.4) is 0 Å². The Hall–Kier alpha value is -0.940. The molecule has 2 heterocycles. The van der Waals surface area contributed by atoms with Gasteiger partial charge in [-0.1, -0.05) is 0 Å². The molecule has 5 heteroatoms. The number of hydrogen-bond donors (Lipinski definition) is 0. The Morgan fingerprint density at radius 3 is 2.78 bits per heavy atom. The van der Waals surface area contributed by atoms with Crippen LogP contribution in [-0.4, -0.2) is 54.4 Å². The van der Waals surface area contributed by atoms with E-state index in [-0.39, 0.29) is 5.91 Å². The van der Waals surface area contributed by atoms with Crippen molar-refractivity contribution in [2.24, 2.45) is 5.92 Å². The summed E-state index contributed by atoms with van der Waals surface area (Å²) < 4.78 is 0. The van der Waals surface area contributed by atoms with E-state index >= 15 is 0 Å². The van der Waals surface area contributed by atoms with E-state index in [9.17, 15) is 4.79 Å². The average molecular weight is 267 g/mol. The lowest BCUT2D eigenvalue weighted by atomic mass is 9.94. The highest BCUT2D eigenvalue weighted by Crippen LogP contribution is 2.22. The molecule has 0 radical (unpaired) electrons. The molecule has 1 aromatic heterocycles. The van der Waals surface area contributed by atoms with Gasteiger partial charge in [0.25, 0.3) is 0 Å². The average Bonchev–Trinajstić information content (AvgIpc) is 2.84. The van der Waals surface area contributed by atoms with Crippen molar-refractivity contribution in [1.29, 1.82) is 0 Å². The summed E-state index contributed by atoms with van der Waals surface area (Å²) in [6, 6.07) is 0. The number of carbonyl (C=O) groups is 1. The Kier molecular flexibility index (Phi) is 4.72. The maximum atomic E-state index is 11.6. The molecule has 0 bridgehead atoms. The van der Waals surface area contributed by atoms with Crippen LogP contribution in [-0.2, 0) is 11.2 Å². The van der Waals surface area contributed by atoms with Gasteiger partial charge in [-0.2, -0.15) is 0 Å². The minimum atomic E-state index is 0.202. The smallest absolute Gasteiger partial charge is 0.236 e. The Balaban J connectivity index is 1.73. The van der Waals surface area contributed by atoms with Gasteiger partial charge in [-0.05, 0) is 31.8 Å². The second-order valence-electron chi connectivity index (χ2n) is 5.14. The summed E-state index contributed by atoms with van der Waals surface area (Å²) in [5.74, 6) is 0.940. The standard InChI is InChI=1S/C13H21N3OS/c1-15(2)13(17)10-16-6-3-11(4-7-16)9-12-14-5-8-18-12/h5,8,11H,3-4,6-7,9-10H2,1-2H3. The molecule has 0 atom stereocenters. The van der Waals surface area contributed by atoms with Crippen LogP contribution >= 0.6 is 11.3 Å². The van der Waals surface area contributed by atoms with Gasteiger partial charge in [0.2, 0.25) is 5.91 Å². The molecule has 18 heavy (non-hydrogen) atoms. The zero-order valence-corrected chi connectivity index (χ0v) is 11.9. The number of thiazole rings is 1. The van der Waals surface area contributed by atoms with Crippen LogP contribution in [0.1, 0.15) is 17.8 Å². The van der Waals surface area contributed by atoms with E-state index < -0.39 is 0 Å². The molecule has 1 aliphatic rings. The van der Waals surface area contributed by atoms with E-state index in [1.165, 1.54) is 17.8 Å². The predicted molar refractivity (Wildman–Crippen MR) is 73.7 cm³/mol. The minimum Gasteiger partial charge on any atom is -0.348 e. The van der Waals surface area contributed by atoms with E-state index in [2.05, 4.69) is 9.88 Å². The van der Waals surface area contributed by atoms with Crippen LogP contribution < -0.4 is 0 Å². The summed E-state index contributed by atoms with van der Waals surface area (Å²) in [5.41, 5.74) is 0. The molecule has 0 unspecified atom stereocenters. The maximum Gasteiger partial charge on any atom is 0.236 e. The van der Waals surface area contributed by atoms with Gasteiger partial charge in [-0.3, -0.25) is 9.69 Å². The molecule has 4 nitrogen and oxygen atoms in total. The topological polar surface area (TPSA) is 36.4 Å². The lowest BCUT2D eigenvalue weighted by Gasteiger charge is -2.31. The Bertz CT molecular complexity index is 370. The van der Waals surface area contributed by atoms with Crippen LogP contribution in [0.5, 0.6) is 0 Å². The van der Waals surface area contributed by atoms with Crippen molar-refractivity contribution in [2.75, 3.05) is 33.7 Å². The van der Waals surface area contributed by atoms with Crippen molar-refractivity contribution in [3.05, 3.63) is 16.6 Å². The summed E-state index contributed by atoms with van der Waals surface area (Å²) >= 11 is 1.75. The van der Waals surface area contributed by atoms with Crippen molar-refractivity contribution in [1.82, 2.24) is 14.8 Å². The number of amides is 1. The Morgan fingerprint density at radius 1 is 1.50 bits per heavy atom. The molecule has 100 valence electrons. The summed E-state index contributed by atoms with van der Waals surface area (Å²) in [5, 5.41) is 3.29. The lowest BCUT2D eigenvalue weighted by Crippen LogP contribution is -2.41. The number of hydrogen-bond acceptors (Lipinski definition) is 4. The van der Waals surface area contributed by atoms with Gasteiger partial charge in [0.1, 0.15) is 0 Å². The van der Waals surface area contributed by atoms with Crippen molar-refractivity contribution in [3.63, 3.8) is 0 Å². The fourth-order valence-corrected chi connectivity index (χ4v) is 3.01. The Labute approximate surface area is 113 Å². The largest absolute Gasteiger partial charge is 0.348 e. The number of likely N-dealkylation sites (tertiary alicyclic amines) is 1. The highest BCUT2D eigenvalue weighted by atomic mass is 32.1. The molecule has 2 rings (SSSR count). The van der Waals surface area contributed by atoms with Gasteiger partial charge in [0.05, 0.1) is 11.6 Å². The van der Waals surface area contributed by atoms with E-state index in [1.54, 1.807) is 16.2 Å². The van der Waals surface area contributed by atoms with Gasteiger partial charge < -0.3 is 4.90 Å². The molecule has 0 aromatic carbocycles. The van der Waals surface area contributed by atoms with Crippen molar-refractivity contribution >= 4 is 17.2 Å². The highest BCUT2D eigenvalue weighted by Gasteiger charge is 2.21. The third-order valence-corrected chi connectivity index (χ3v) is 4.31. The number of likely N-dealkylation sites (N-methyl/N-ethyl adjacent to an activating group) is 1. The van der Waals surface area contributed by atoms with Gasteiger partial charge in [0.15, 0.2) is 0 Å². The van der Waals surface area contributed by atoms with Crippen LogP contribution in [0.25, 0.3) is 0 Å². The molecule has 1 aliphatic heterocycles. The number of carbonyl (C=O) groups excluding carboxylic acids is 1. The second kappa shape index (κ2) is 6.29. The predicted octanol–water partition coefficient (Wildman–Crippen LogP) is 1.49. The molecule has 0 saturated carbocycles. The monoisotopic (exact) mass is 267 g/mol. The zero-order valence-electron chi connectivity index (χ0n) is 11.1. The fourth-order valence-electron chi connectivity index (χ4n) is 2.28. The van der Waals surface area contributed by atoms with E-state index in [1.807, 2.05) is 25.7 Å². The first kappa shape index (κ1) is 13.5. The van der Waals surface area contributed by atoms with Gasteiger partial charge in [0, 0.05) is 32.1 Å². The molecular formula is C13H21N3OS. The van der Waals surface area contributed by atoms with Crippen LogP contribution in [0.2, 0.25) is 0 Å². The van der Waals surface area contributed by atoms with Gasteiger partial charge >= 0.3 is 0 Å². The summed E-state index contributed by atoms with van der Waals surface area (Å²) in [6.45, 7) is 2.64. The van der Waals surface area contributed by atoms with Gasteiger partial charge in [-0.25, -0.2) is 4.98 Å². The summed E-state index contributed by atoms with van der Waals surface area (Å²) in [4.78, 5) is 19.9. The number of aromatic nitrogens is 1. The molecule has 0 aliphatic carbocycles. The molecule has 1 fully saturated rings. The number of nitrogens with zero attached hydrogens (tertiary/aromatic N) is 3. The highest BCUT2D eigenvalue weighted by molar-refractivity contribution is 7.09. The van der Waals surface area contributed by atoms with E-state index in [0.717, 1.165) is 25.4 Å². The van der Waals surface area contributed by atoms with Crippen molar-refractivity contribution < 1.29 is 4.79 Å². The fraction of sp³-hybridized carbons (Fsp3) is 0.692. The molecular weight excluding hydrogens is 246 g/mol. The molecule has 1 saturated heterocycles. The normalized spacial score (nSPS) is 17.9. The third kappa shape index (κ3) is 3.78. The third-order valence-electron chi connectivity index (χ3n) is 3.51.